The van der Waals surface area contributed by atoms with Crippen molar-refractivity contribution in [3.05, 3.63) is 0 Å². The Morgan fingerprint density at radius 1 is 1.53 bits per heavy atom. The summed E-state index contributed by atoms with van der Waals surface area (Å²) in [6.45, 7) is 3.38. The molecule has 1 fully saturated rings. The highest BCUT2D eigenvalue weighted by atomic mass is 19.4. The molecule has 1 heterocycles. The molecule has 0 aliphatic carbocycles. The summed E-state index contributed by atoms with van der Waals surface area (Å²) in [5.74, 6) is -1.80. The van der Waals surface area contributed by atoms with Crippen LogP contribution in [0, 0.1) is 5.92 Å². The van der Waals surface area contributed by atoms with E-state index in [1.807, 2.05) is 6.92 Å². The molecule has 19 heavy (non-hydrogen) atoms. The maximum atomic E-state index is 12.7. The van der Waals surface area contributed by atoms with Crippen LogP contribution in [0.5, 0.6) is 0 Å². The van der Waals surface area contributed by atoms with E-state index in [0.717, 1.165) is 6.42 Å². The number of nitrogens with two attached hydrogens (primary N) is 1. The number of rotatable bonds is 6. The van der Waals surface area contributed by atoms with Gasteiger partial charge in [0.25, 0.3) is 0 Å². The second-order valence-electron chi connectivity index (χ2n) is 5.05. The van der Waals surface area contributed by atoms with Gasteiger partial charge in [0, 0.05) is 13.1 Å². The number of alkyl halides is 3. The van der Waals surface area contributed by atoms with Crippen molar-refractivity contribution in [1.82, 2.24) is 10.2 Å². The number of hydrogen-bond donors (Lipinski definition) is 2. The first kappa shape index (κ1) is 16.2. The van der Waals surface area contributed by atoms with Crippen molar-refractivity contribution >= 4 is 5.91 Å². The first-order valence-corrected chi connectivity index (χ1v) is 6.66. The number of likely N-dealkylation sites (tertiary alicyclic amines) is 1. The molecule has 0 aromatic carbocycles. The van der Waals surface area contributed by atoms with Crippen LogP contribution in [0.15, 0.2) is 0 Å². The van der Waals surface area contributed by atoms with Crippen LogP contribution in [0.2, 0.25) is 0 Å². The van der Waals surface area contributed by atoms with E-state index >= 15 is 0 Å². The van der Waals surface area contributed by atoms with Crippen LogP contribution < -0.4 is 11.1 Å². The van der Waals surface area contributed by atoms with E-state index in [9.17, 15) is 18.0 Å². The lowest BCUT2D eigenvalue weighted by atomic mass is 9.97. The fourth-order valence-electron chi connectivity index (χ4n) is 2.32. The molecule has 1 aliphatic rings. The minimum atomic E-state index is -4.16. The fourth-order valence-corrected chi connectivity index (χ4v) is 2.32. The van der Waals surface area contributed by atoms with E-state index in [0.29, 0.717) is 19.5 Å². The number of piperidine rings is 1. The van der Waals surface area contributed by atoms with Crippen molar-refractivity contribution in [2.45, 2.75) is 38.4 Å². The average Bonchev–Trinajstić information content (AvgIpc) is 2.33. The molecule has 4 nitrogen and oxygen atoms in total. The van der Waals surface area contributed by atoms with Gasteiger partial charge in [0.15, 0.2) is 0 Å². The molecule has 1 rings (SSSR count). The highest BCUT2D eigenvalue weighted by molar-refractivity contribution is 5.80. The number of carbonyl (C=O) groups excluding carboxylic acids is 1. The van der Waals surface area contributed by atoms with Crippen LogP contribution in [0.1, 0.15) is 26.2 Å². The second kappa shape index (κ2) is 7.09. The van der Waals surface area contributed by atoms with Gasteiger partial charge in [-0.15, -0.1) is 0 Å². The fraction of sp³-hybridized carbons (Fsp3) is 0.917. The molecule has 2 atom stereocenters. The van der Waals surface area contributed by atoms with E-state index in [4.69, 9.17) is 5.73 Å². The summed E-state index contributed by atoms with van der Waals surface area (Å²) in [5, 5.41) is 2.97. The Hall–Kier alpha value is -0.820. The molecule has 0 radical (unpaired) electrons. The van der Waals surface area contributed by atoms with Gasteiger partial charge in [-0.3, -0.25) is 4.79 Å². The highest BCUT2D eigenvalue weighted by Gasteiger charge is 2.42. The minimum absolute atomic E-state index is 0.0406. The molecule has 0 spiro atoms. The molecule has 3 N–H and O–H groups in total. The summed E-state index contributed by atoms with van der Waals surface area (Å²) in [4.78, 5) is 12.9. The third-order valence-corrected chi connectivity index (χ3v) is 3.39. The van der Waals surface area contributed by atoms with Crippen LogP contribution in [-0.4, -0.2) is 49.2 Å². The number of carbonyl (C=O) groups is 1. The zero-order valence-electron chi connectivity index (χ0n) is 11.2. The number of nitrogens with zero attached hydrogens (tertiary/aromatic N) is 1. The van der Waals surface area contributed by atoms with Crippen LogP contribution in [0.25, 0.3) is 0 Å². The van der Waals surface area contributed by atoms with Crippen LogP contribution in [-0.2, 0) is 4.79 Å². The third-order valence-electron chi connectivity index (χ3n) is 3.39. The molecule has 2 unspecified atom stereocenters. The topological polar surface area (TPSA) is 58.4 Å². The van der Waals surface area contributed by atoms with Crippen molar-refractivity contribution in [3.8, 4) is 0 Å². The molecular weight excluding hydrogens is 259 g/mol. The third kappa shape index (κ3) is 5.36. The first-order valence-electron chi connectivity index (χ1n) is 6.66. The number of nitrogens with one attached hydrogen (secondary N) is 1. The molecule has 1 amide bonds. The number of primary amides is 1. The molecule has 0 aromatic heterocycles. The first-order chi connectivity index (χ1) is 8.84. The molecule has 0 aromatic rings. The van der Waals surface area contributed by atoms with Gasteiger partial charge >= 0.3 is 6.18 Å². The van der Waals surface area contributed by atoms with E-state index in [-0.39, 0.29) is 19.5 Å². The van der Waals surface area contributed by atoms with Crippen LogP contribution in [0.4, 0.5) is 13.2 Å². The van der Waals surface area contributed by atoms with Crippen molar-refractivity contribution in [2.24, 2.45) is 11.7 Å². The minimum Gasteiger partial charge on any atom is -0.368 e. The molecule has 112 valence electrons. The Labute approximate surface area is 111 Å². The highest BCUT2D eigenvalue weighted by Crippen LogP contribution is 2.33. The number of halogens is 3. The van der Waals surface area contributed by atoms with Gasteiger partial charge in [0.2, 0.25) is 5.91 Å². The van der Waals surface area contributed by atoms with Gasteiger partial charge in [-0.1, -0.05) is 6.92 Å². The lowest BCUT2D eigenvalue weighted by Crippen LogP contribution is -2.52. The summed E-state index contributed by atoms with van der Waals surface area (Å²) >= 11 is 0. The molecule has 1 saturated heterocycles. The molecule has 0 bridgehead atoms. The Balaban J connectivity index is 2.52. The van der Waals surface area contributed by atoms with Gasteiger partial charge < -0.3 is 16.0 Å². The van der Waals surface area contributed by atoms with Crippen LogP contribution >= 0.6 is 0 Å². The van der Waals surface area contributed by atoms with Crippen LogP contribution in [0.3, 0.4) is 0 Å². The Morgan fingerprint density at radius 3 is 2.74 bits per heavy atom. The standard InChI is InChI=1S/C12H22F3N3O/c1-2-5-17-10(11(16)19)8-18-6-3-4-9(7-18)12(13,14)15/h9-10,17H,2-8H2,1H3,(H2,16,19). The summed E-state index contributed by atoms with van der Waals surface area (Å²) < 4.78 is 38.0. The molecule has 1 aliphatic heterocycles. The SMILES string of the molecule is CCCNC(CN1CCCC(C(F)(F)F)C1)C(N)=O. The monoisotopic (exact) mass is 281 g/mol. The summed E-state index contributed by atoms with van der Waals surface area (Å²) in [6.07, 6.45) is -2.64. The van der Waals surface area contributed by atoms with Crippen molar-refractivity contribution in [2.75, 3.05) is 26.2 Å². The average molecular weight is 281 g/mol. The number of amides is 1. The van der Waals surface area contributed by atoms with Gasteiger partial charge in [0.1, 0.15) is 0 Å². The van der Waals surface area contributed by atoms with E-state index < -0.39 is 24.0 Å². The van der Waals surface area contributed by atoms with Crippen molar-refractivity contribution in [3.63, 3.8) is 0 Å². The van der Waals surface area contributed by atoms with Gasteiger partial charge in [-0.25, -0.2) is 0 Å². The second-order valence-corrected chi connectivity index (χ2v) is 5.05. The molecule has 7 heteroatoms. The van der Waals surface area contributed by atoms with Gasteiger partial charge in [-0.2, -0.15) is 13.2 Å². The zero-order valence-corrected chi connectivity index (χ0v) is 11.2. The summed E-state index contributed by atoms with van der Waals surface area (Å²) in [7, 11) is 0. The maximum absolute atomic E-state index is 12.7. The lowest BCUT2D eigenvalue weighted by Gasteiger charge is -2.35. The van der Waals surface area contributed by atoms with E-state index in [2.05, 4.69) is 5.32 Å². The molecule has 0 saturated carbocycles. The largest absolute Gasteiger partial charge is 0.393 e. The van der Waals surface area contributed by atoms with E-state index in [1.54, 1.807) is 4.90 Å². The Morgan fingerprint density at radius 2 is 2.21 bits per heavy atom. The zero-order chi connectivity index (χ0) is 14.5. The number of hydrogen-bond acceptors (Lipinski definition) is 3. The van der Waals surface area contributed by atoms with Crippen molar-refractivity contribution in [1.29, 1.82) is 0 Å². The molecular formula is C12H22F3N3O. The summed E-state index contributed by atoms with van der Waals surface area (Å²) in [5.41, 5.74) is 5.26. The van der Waals surface area contributed by atoms with Crippen molar-refractivity contribution < 1.29 is 18.0 Å². The quantitative estimate of drug-likeness (QED) is 0.767. The van der Waals surface area contributed by atoms with E-state index in [1.165, 1.54) is 0 Å². The Bertz CT molecular complexity index is 296. The van der Waals surface area contributed by atoms with Gasteiger partial charge in [0.05, 0.1) is 12.0 Å². The Kier molecular flexibility index (Phi) is 6.06. The predicted octanol–water partition coefficient (Wildman–Crippen LogP) is 1.11. The summed E-state index contributed by atoms with van der Waals surface area (Å²) in [6, 6.07) is -0.577. The van der Waals surface area contributed by atoms with Gasteiger partial charge in [-0.05, 0) is 32.4 Å². The normalized spacial score (nSPS) is 23.3. The predicted molar refractivity (Wildman–Crippen MR) is 66.5 cm³/mol. The lowest BCUT2D eigenvalue weighted by molar-refractivity contribution is -0.186. The smallest absolute Gasteiger partial charge is 0.368 e. The maximum Gasteiger partial charge on any atom is 0.393 e.